The van der Waals surface area contributed by atoms with Crippen molar-refractivity contribution in [3.8, 4) is 11.8 Å². The van der Waals surface area contributed by atoms with Gasteiger partial charge in [0.2, 0.25) is 5.91 Å². The Kier molecular flexibility index (Phi) is 4.18. The van der Waals surface area contributed by atoms with Gasteiger partial charge in [-0.05, 0) is 48.4 Å². The van der Waals surface area contributed by atoms with Crippen molar-refractivity contribution in [2.24, 2.45) is 0 Å². The molecular formula is C16H11ClN2O4S. The molecule has 0 atom stereocenters. The highest BCUT2D eigenvalue weighted by atomic mass is 35.5. The molecule has 0 unspecified atom stereocenters. The molecule has 0 fully saturated rings. The largest absolute Gasteiger partial charge is 0.379 e. The number of nitrogens with one attached hydrogen (secondary N) is 1. The average Bonchev–Trinajstić information content (AvgIpc) is 2.54. The van der Waals surface area contributed by atoms with Gasteiger partial charge in [-0.2, -0.15) is 13.7 Å². The molecule has 2 aromatic rings. The van der Waals surface area contributed by atoms with Gasteiger partial charge >= 0.3 is 10.1 Å². The lowest BCUT2D eigenvalue weighted by atomic mass is 10.0. The number of carbonyl (C=O) groups is 1. The Morgan fingerprint density at radius 3 is 2.67 bits per heavy atom. The fraction of sp³-hybridized carbons (Fsp3) is 0.125. The quantitative estimate of drug-likeness (QED) is 0.847. The number of hydrogen-bond donors (Lipinski definition) is 1. The van der Waals surface area contributed by atoms with Crippen LogP contribution in [0.25, 0.3) is 0 Å². The highest BCUT2D eigenvalue weighted by Crippen LogP contribution is 2.29. The smallest absolute Gasteiger partial charge is 0.339 e. The van der Waals surface area contributed by atoms with Crippen molar-refractivity contribution in [1.82, 2.24) is 0 Å². The summed E-state index contributed by atoms with van der Waals surface area (Å²) in [4.78, 5) is 11.2. The number of hydrogen-bond acceptors (Lipinski definition) is 5. The third-order valence-electron chi connectivity index (χ3n) is 3.53. The lowest BCUT2D eigenvalue weighted by Gasteiger charge is -2.17. The maximum absolute atomic E-state index is 12.3. The third-order valence-corrected chi connectivity index (χ3v) is 5.08. The number of anilines is 1. The minimum atomic E-state index is -4.08. The molecule has 1 aliphatic rings. The number of rotatable bonds is 3. The average molecular weight is 363 g/mol. The van der Waals surface area contributed by atoms with Crippen LogP contribution >= 0.6 is 11.6 Å². The maximum atomic E-state index is 12.3. The molecular weight excluding hydrogens is 352 g/mol. The monoisotopic (exact) mass is 362 g/mol. The Morgan fingerprint density at radius 1 is 1.17 bits per heavy atom. The first-order chi connectivity index (χ1) is 11.4. The van der Waals surface area contributed by atoms with Crippen molar-refractivity contribution in [1.29, 1.82) is 5.26 Å². The van der Waals surface area contributed by atoms with E-state index in [-0.39, 0.29) is 27.1 Å². The first-order valence-corrected chi connectivity index (χ1v) is 8.74. The Bertz CT molecular complexity index is 980. The van der Waals surface area contributed by atoms with E-state index in [0.29, 0.717) is 18.5 Å². The van der Waals surface area contributed by atoms with Crippen LogP contribution in [0.4, 0.5) is 5.69 Å². The number of halogens is 1. The second kappa shape index (κ2) is 6.15. The topological polar surface area (TPSA) is 96.3 Å². The molecule has 1 amide bonds. The molecule has 0 spiro atoms. The van der Waals surface area contributed by atoms with Gasteiger partial charge in [-0.25, -0.2) is 0 Å². The summed E-state index contributed by atoms with van der Waals surface area (Å²) in [6, 6.07) is 10.3. The highest BCUT2D eigenvalue weighted by Gasteiger charge is 2.20. The molecule has 1 heterocycles. The number of benzene rings is 2. The van der Waals surface area contributed by atoms with E-state index < -0.39 is 10.1 Å². The van der Waals surface area contributed by atoms with Gasteiger partial charge in [-0.15, -0.1) is 0 Å². The number of carbonyl (C=O) groups excluding carboxylic acids is 1. The third kappa shape index (κ3) is 3.20. The summed E-state index contributed by atoms with van der Waals surface area (Å²) >= 11 is 5.86. The molecule has 0 saturated heterocycles. The predicted molar refractivity (Wildman–Crippen MR) is 87.4 cm³/mol. The van der Waals surface area contributed by atoms with Gasteiger partial charge in [-0.1, -0.05) is 11.6 Å². The van der Waals surface area contributed by atoms with Gasteiger partial charge in [0.15, 0.2) is 0 Å². The Balaban J connectivity index is 1.89. The van der Waals surface area contributed by atoms with Crippen LogP contribution in [0.1, 0.15) is 17.5 Å². The van der Waals surface area contributed by atoms with Gasteiger partial charge in [-0.3, -0.25) is 4.79 Å². The number of nitriles is 1. The van der Waals surface area contributed by atoms with E-state index in [0.717, 1.165) is 5.56 Å². The van der Waals surface area contributed by atoms with Gasteiger partial charge in [0.25, 0.3) is 0 Å². The molecule has 24 heavy (non-hydrogen) atoms. The van der Waals surface area contributed by atoms with Crippen LogP contribution in [-0.4, -0.2) is 14.3 Å². The summed E-state index contributed by atoms with van der Waals surface area (Å²) in [6.45, 7) is 0. The van der Waals surface area contributed by atoms with Crippen LogP contribution in [0.2, 0.25) is 5.02 Å². The molecule has 3 rings (SSSR count). The molecule has 0 aliphatic carbocycles. The second-order valence-corrected chi connectivity index (χ2v) is 7.11. The lowest BCUT2D eigenvalue weighted by Crippen LogP contribution is -2.19. The van der Waals surface area contributed by atoms with E-state index in [1.807, 2.05) is 6.07 Å². The summed E-state index contributed by atoms with van der Waals surface area (Å²) in [7, 11) is -4.08. The highest BCUT2D eigenvalue weighted by molar-refractivity contribution is 7.87. The number of aryl methyl sites for hydroxylation is 1. The molecule has 0 bridgehead atoms. The van der Waals surface area contributed by atoms with Crippen molar-refractivity contribution in [3.63, 3.8) is 0 Å². The van der Waals surface area contributed by atoms with Crippen LogP contribution < -0.4 is 9.50 Å². The summed E-state index contributed by atoms with van der Waals surface area (Å²) in [6.07, 6.45) is 0.857. The maximum Gasteiger partial charge on any atom is 0.339 e. The summed E-state index contributed by atoms with van der Waals surface area (Å²) in [5, 5.41) is 11.6. The molecule has 1 N–H and O–H groups in total. The SMILES string of the molecule is N#Cc1ccc(S(=O)(=O)Oc2ccc3c(c2)CCC(=O)N3)cc1Cl. The van der Waals surface area contributed by atoms with Crippen molar-refractivity contribution in [3.05, 3.63) is 52.5 Å². The van der Waals surface area contributed by atoms with E-state index >= 15 is 0 Å². The van der Waals surface area contributed by atoms with Crippen molar-refractivity contribution >= 4 is 33.3 Å². The van der Waals surface area contributed by atoms with E-state index in [2.05, 4.69) is 5.32 Å². The molecule has 122 valence electrons. The zero-order valence-electron chi connectivity index (χ0n) is 12.2. The van der Waals surface area contributed by atoms with E-state index in [9.17, 15) is 13.2 Å². The van der Waals surface area contributed by atoms with E-state index in [1.165, 1.54) is 24.3 Å². The molecule has 8 heteroatoms. The van der Waals surface area contributed by atoms with Gasteiger partial charge in [0.05, 0.1) is 10.6 Å². The fourth-order valence-electron chi connectivity index (χ4n) is 2.33. The number of fused-ring (bicyclic) bond motifs is 1. The molecule has 2 aromatic carbocycles. The van der Waals surface area contributed by atoms with Crippen molar-refractivity contribution in [2.75, 3.05) is 5.32 Å². The van der Waals surface area contributed by atoms with Crippen LogP contribution in [-0.2, 0) is 21.3 Å². The van der Waals surface area contributed by atoms with Gasteiger partial charge in [0.1, 0.15) is 16.7 Å². The Hall–Kier alpha value is -2.56. The first kappa shape index (κ1) is 16.3. The Morgan fingerprint density at radius 2 is 1.96 bits per heavy atom. The summed E-state index contributed by atoms with van der Waals surface area (Å²) in [5.74, 6) is 0.0707. The van der Waals surface area contributed by atoms with E-state index in [1.54, 1.807) is 12.1 Å². The molecule has 1 aliphatic heterocycles. The van der Waals surface area contributed by atoms with Crippen LogP contribution in [0.3, 0.4) is 0 Å². The predicted octanol–water partition coefficient (Wildman–Crippen LogP) is 2.86. The molecule has 0 aromatic heterocycles. The van der Waals surface area contributed by atoms with Gasteiger partial charge in [0, 0.05) is 12.1 Å². The van der Waals surface area contributed by atoms with Crippen LogP contribution in [0, 0.1) is 11.3 Å². The standard InChI is InChI=1S/C16H11ClN2O4S/c17-14-8-13(4-1-11(14)9-18)24(21,22)23-12-3-5-15-10(7-12)2-6-16(20)19-15/h1,3-5,7-8H,2,6H2,(H,19,20). The van der Waals surface area contributed by atoms with Crippen molar-refractivity contribution < 1.29 is 17.4 Å². The first-order valence-electron chi connectivity index (χ1n) is 6.96. The van der Waals surface area contributed by atoms with Crippen LogP contribution in [0.5, 0.6) is 5.75 Å². The normalized spacial score (nSPS) is 13.6. The second-order valence-electron chi connectivity index (χ2n) is 5.16. The number of amides is 1. The summed E-state index contributed by atoms with van der Waals surface area (Å²) in [5.41, 5.74) is 1.64. The summed E-state index contributed by atoms with van der Waals surface area (Å²) < 4.78 is 29.8. The lowest BCUT2D eigenvalue weighted by molar-refractivity contribution is -0.116. The fourth-order valence-corrected chi connectivity index (χ4v) is 3.57. The number of nitrogens with zero attached hydrogens (tertiary/aromatic N) is 1. The zero-order chi connectivity index (χ0) is 17.3. The van der Waals surface area contributed by atoms with Crippen LogP contribution in [0.15, 0.2) is 41.3 Å². The van der Waals surface area contributed by atoms with Gasteiger partial charge < -0.3 is 9.50 Å². The molecule has 0 radical (unpaired) electrons. The van der Waals surface area contributed by atoms with Crippen molar-refractivity contribution in [2.45, 2.75) is 17.7 Å². The zero-order valence-corrected chi connectivity index (χ0v) is 13.8. The minimum absolute atomic E-state index is 0.0373. The molecule has 6 nitrogen and oxygen atoms in total. The minimum Gasteiger partial charge on any atom is -0.379 e. The Labute approximate surface area is 143 Å². The van der Waals surface area contributed by atoms with E-state index in [4.69, 9.17) is 21.0 Å². The molecule has 0 saturated carbocycles.